The molecule has 0 aliphatic carbocycles. The lowest BCUT2D eigenvalue weighted by Crippen LogP contribution is -2.66. The van der Waals surface area contributed by atoms with E-state index in [9.17, 15) is 33.0 Å². The van der Waals surface area contributed by atoms with Gasteiger partial charge in [0.15, 0.2) is 11.6 Å². The average Bonchev–Trinajstić information content (AvgIpc) is 2.69. The predicted molar refractivity (Wildman–Crippen MR) is 133 cm³/mol. The minimum absolute atomic E-state index is 0.0805. The normalized spacial score (nSPS) is 15.9. The zero-order valence-electron chi connectivity index (χ0n) is 19.7. The smallest absolute Gasteiger partial charge is 0.407 e. The molecule has 0 aromatic heterocycles. The fraction of sp³-hybridized carbons (Fsp3) is 0.417. The quantitative estimate of drug-likeness (QED) is 0.394. The molecule has 1 unspecified atom stereocenters. The van der Waals surface area contributed by atoms with Crippen LogP contribution < -0.4 is 5.32 Å². The Labute approximate surface area is 215 Å². The molecular weight excluding hydrogens is 578 g/mol. The van der Waals surface area contributed by atoms with Crippen molar-refractivity contribution in [2.75, 3.05) is 18.4 Å². The molecule has 1 heterocycles. The predicted octanol–water partition coefficient (Wildman–Crippen LogP) is 5.20. The molecule has 3 N–H and O–H groups in total. The van der Waals surface area contributed by atoms with E-state index in [2.05, 4.69) is 5.32 Å². The van der Waals surface area contributed by atoms with Crippen molar-refractivity contribution in [2.45, 2.75) is 51.3 Å². The molecule has 2 amide bonds. The molecule has 0 saturated carbocycles. The summed E-state index contributed by atoms with van der Waals surface area (Å²) < 4.78 is 43.5. The first-order valence-corrected chi connectivity index (χ1v) is 11.9. The van der Waals surface area contributed by atoms with E-state index in [1.54, 1.807) is 33.8 Å². The summed E-state index contributed by atoms with van der Waals surface area (Å²) in [7, 11) is 0. The number of hydrogen-bond donors (Lipinski definition) is 3. The van der Waals surface area contributed by atoms with Crippen molar-refractivity contribution in [3.63, 3.8) is 0 Å². The molecule has 0 radical (unpaired) electrons. The molecule has 35 heavy (non-hydrogen) atoms. The monoisotopic (exact) mass is 605 g/mol. The minimum Gasteiger partial charge on any atom is -0.465 e. The van der Waals surface area contributed by atoms with Gasteiger partial charge in [-0.15, -0.1) is 0 Å². The number of anilines is 2. The van der Waals surface area contributed by atoms with Crippen molar-refractivity contribution >= 4 is 46.0 Å². The van der Waals surface area contributed by atoms with Crippen LogP contribution in [0.3, 0.4) is 0 Å². The Morgan fingerprint density at radius 1 is 1.17 bits per heavy atom. The van der Waals surface area contributed by atoms with Crippen molar-refractivity contribution in [3.8, 4) is 0 Å². The Bertz CT molecular complexity index is 1150. The van der Waals surface area contributed by atoms with Crippen LogP contribution in [0.5, 0.6) is 0 Å². The maximum absolute atomic E-state index is 14.7. The number of rotatable bonds is 6. The molecule has 2 aromatic carbocycles. The van der Waals surface area contributed by atoms with Gasteiger partial charge in [0.05, 0.1) is 30.0 Å². The highest BCUT2D eigenvalue weighted by Gasteiger charge is 2.47. The van der Waals surface area contributed by atoms with Crippen molar-refractivity contribution in [1.82, 2.24) is 9.80 Å². The van der Waals surface area contributed by atoms with Gasteiger partial charge in [-0.3, -0.25) is 4.79 Å². The lowest BCUT2D eigenvalue weighted by atomic mass is 9.85. The number of hydrogen-bond acceptors (Lipinski definition) is 4. The number of aliphatic hydroxyl groups is 1. The van der Waals surface area contributed by atoms with E-state index in [-0.39, 0.29) is 30.8 Å². The molecule has 1 fully saturated rings. The van der Waals surface area contributed by atoms with Gasteiger partial charge in [0.25, 0.3) is 5.91 Å². The van der Waals surface area contributed by atoms with Crippen LogP contribution >= 0.6 is 22.6 Å². The van der Waals surface area contributed by atoms with E-state index >= 15 is 0 Å². The highest BCUT2D eigenvalue weighted by molar-refractivity contribution is 14.1. The number of carbonyl (C=O) groups is 2. The second-order valence-corrected chi connectivity index (χ2v) is 11.0. The highest BCUT2D eigenvalue weighted by atomic mass is 127. The standard InChI is InChI=1S/C24H27F3IN3O4/c1-13(31(22(33)34)23(2,3)4)10-24(35)11-30(12-24)21(32)15-6-7-16(25)19(27)20(15)29-18-8-5-14(28)9-17(18)26/h5-9,13,29,35H,10-12H2,1-4H3,(H,33,34). The molecule has 1 aliphatic heterocycles. The number of β-amino-alcohol motifs (C(OH)–C–C–N with tert-alkyl or cyclic N) is 1. The largest absolute Gasteiger partial charge is 0.465 e. The molecule has 11 heteroatoms. The van der Waals surface area contributed by atoms with Crippen molar-refractivity contribution in [2.24, 2.45) is 0 Å². The summed E-state index contributed by atoms with van der Waals surface area (Å²) in [5, 5.41) is 22.9. The van der Waals surface area contributed by atoms with Gasteiger partial charge in [-0.05, 0) is 87.0 Å². The fourth-order valence-corrected chi connectivity index (χ4v) is 4.91. The first-order valence-electron chi connectivity index (χ1n) is 10.9. The van der Waals surface area contributed by atoms with E-state index in [1.165, 1.54) is 21.9 Å². The molecule has 1 atom stereocenters. The summed E-state index contributed by atoms with van der Waals surface area (Å²) in [4.78, 5) is 27.3. The second-order valence-electron chi connectivity index (χ2n) is 9.80. The molecule has 0 bridgehead atoms. The van der Waals surface area contributed by atoms with Gasteiger partial charge >= 0.3 is 6.09 Å². The maximum Gasteiger partial charge on any atom is 0.407 e. The van der Waals surface area contributed by atoms with E-state index in [0.29, 0.717) is 3.57 Å². The fourth-order valence-electron chi connectivity index (χ4n) is 4.46. The molecule has 3 rings (SSSR count). The Morgan fingerprint density at radius 3 is 2.34 bits per heavy atom. The summed E-state index contributed by atoms with van der Waals surface area (Å²) in [6.07, 6.45) is -1.04. The third-order valence-corrected chi connectivity index (χ3v) is 6.49. The first kappa shape index (κ1) is 27.1. The van der Waals surface area contributed by atoms with Gasteiger partial charge < -0.3 is 25.3 Å². The van der Waals surface area contributed by atoms with Gasteiger partial charge in [-0.1, -0.05) is 0 Å². The lowest BCUT2D eigenvalue weighted by molar-refractivity contribution is -0.0993. The van der Waals surface area contributed by atoms with E-state index in [0.717, 1.165) is 12.1 Å². The minimum atomic E-state index is -1.34. The van der Waals surface area contributed by atoms with Crippen LogP contribution in [0.4, 0.5) is 29.3 Å². The SMILES string of the molecule is CC(CC1(O)CN(C(=O)c2ccc(F)c(F)c2Nc2ccc(I)cc2F)C1)N(C(=O)O)C(C)(C)C. The topological polar surface area (TPSA) is 93.1 Å². The molecule has 7 nitrogen and oxygen atoms in total. The summed E-state index contributed by atoms with van der Waals surface area (Å²) in [5.74, 6) is -3.92. The van der Waals surface area contributed by atoms with E-state index in [1.807, 2.05) is 22.6 Å². The number of likely N-dealkylation sites (tertiary alicyclic amines) is 1. The number of amides is 2. The highest BCUT2D eigenvalue weighted by Crippen LogP contribution is 2.34. The van der Waals surface area contributed by atoms with Crippen LogP contribution in [0.2, 0.25) is 0 Å². The number of nitrogens with zero attached hydrogens (tertiary/aromatic N) is 2. The zero-order valence-corrected chi connectivity index (χ0v) is 21.9. The molecule has 190 valence electrons. The van der Waals surface area contributed by atoms with Gasteiger partial charge in [0, 0.05) is 15.2 Å². The summed E-state index contributed by atoms with van der Waals surface area (Å²) in [6, 6.07) is 5.48. The first-order chi connectivity index (χ1) is 16.1. The molecule has 0 spiro atoms. The maximum atomic E-state index is 14.7. The van der Waals surface area contributed by atoms with Crippen LogP contribution in [-0.4, -0.2) is 62.3 Å². The van der Waals surface area contributed by atoms with Gasteiger partial charge in [-0.2, -0.15) is 0 Å². The molecular formula is C24H27F3IN3O4. The number of benzene rings is 2. The van der Waals surface area contributed by atoms with Crippen LogP contribution in [0.25, 0.3) is 0 Å². The Hall–Kier alpha value is -2.54. The van der Waals surface area contributed by atoms with E-state index in [4.69, 9.17) is 0 Å². The number of carbonyl (C=O) groups excluding carboxylic acids is 1. The number of halogens is 4. The Kier molecular flexibility index (Phi) is 7.61. The van der Waals surface area contributed by atoms with Gasteiger partial charge in [0.1, 0.15) is 11.4 Å². The Morgan fingerprint density at radius 2 is 1.80 bits per heavy atom. The molecule has 2 aromatic rings. The third-order valence-electron chi connectivity index (χ3n) is 5.82. The Balaban J connectivity index is 1.79. The van der Waals surface area contributed by atoms with E-state index < -0.39 is 52.3 Å². The second kappa shape index (κ2) is 9.84. The van der Waals surface area contributed by atoms with Crippen LogP contribution in [-0.2, 0) is 0 Å². The summed E-state index contributed by atoms with van der Waals surface area (Å²) in [6.45, 7) is 6.66. The van der Waals surface area contributed by atoms with Crippen molar-refractivity contribution in [1.29, 1.82) is 0 Å². The zero-order chi connectivity index (χ0) is 26.3. The van der Waals surface area contributed by atoms with Crippen molar-refractivity contribution in [3.05, 3.63) is 56.9 Å². The summed E-state index contributed by atoms with van der Waals surface area (Å²) >= 11 is 1.90. The van der Waals surface area contributed by atoms with Gasteiger partial charge in [0.2, 0.25) is 0 Å². The summed E-state index contributed by atoms with van der Waals surface area (Å²) in [5.41, 5.74) is -2.91. The van der Waals surface area contributed by atoms with Crippen molar-refractivity contribution < 1.29 is 33.0 Å². The van der Waals surface area contributed by atoms with Crippen LogP contribution in [0, 0.1) is 21.0 Å². The number of carboxylic acid groups (broad SMARTS) is 1. The third kappa shape index (κ3) is 5.83. The van der Waals surface area contributed by atoms with Crippen LogP contribution in [0.15, 0.2) is 30.3 Å². The van der Waals surface area contributed by atoms with Crippen LogP contribution in [0.1, 0.15) is 44.5 Å². The molecule has 1 saturated heterocycles. The molecule has 1 aliphatic rings. The number of nitrogens with one attached hydrogen (secondary N) is 1. The van der Waals surface area contributed by atoms with Gasteiger partial charge in [-0.25, -0.2) is 18.0 Å². The lowest BCUT2D eigenvalue weighted by Gasteiger charge is -2.49. The average molecular weight is 605 g/mol.